The van der Waals surface area contributed by atoms with Gasteiger partial charge in [0, 0.05) is 39.2 Å². The highest BCUT2D eigenvalue weighted by Crippen LogP contribution is 2.13. The number of benzene rings is 2. The van der Waals surface area contributed by atoms with Crippen molar-refractivity contribution in [3.63, 3.8) is 0 Å². The fourth-order valence-corrected chi connectivity index (χ4v) is 3.26. The van der Waals surface area contributed by atoms with Crippen molar-refractivity contribution in [2.24, 2.45) is 0 Å². The molecular formula is C21H22N4O3S. The van der Waals surface area contributed by atoms with Crippen LogP contribution in [0.15, 0.2) is 53.3 Å². The third-order valence-electron chi connectivity index (χ3n) is 4.62. The quantitative estimate of drug-likeness (QED) is 0.612. The predicted molar refractivity (Wildman–Crippen MR) is 115 cm³/mol. The number of rotatable bonds is 6. The predicted octanol–water partition coefficient (Wildman–Crippen LogP) is 3.07. The number of aromatic amines is 1. The Labute approximate surface area is 173 Å². The molecule has 2 N–H and O–H groups in total. The lowest BCUT2D eigenvalue weighted by atomic mass is 10.2. The number of para-hydroxylation sites is 1. The number of hydrogen-bond donors (Lipinski definition) is 2. The fraction of sp³-hybridized carbons (Fsp3) is 0.238. The van der Waals surface area contributed by atoms with Gasteiger partial charge in [0.2, 0.25) is 11.8 Å². The Hall–Kier alpha value is -3.26. The minimum atomic E-state index is -0.225. The summed E-state index contributed by atoms with van der Waals surface area (Å²) in [5.41, 5.74) is 2.01. The third kappa shape index (κ3) is 4.97. The molecule has 0 fully saturated rings. The molecule has 7 nitrogen and oxygen atoms in total. The van der Waals surface area contributed by atoms with Crippen molar-refractivity contribution >= 4 is 40.6 Å². The van der Waals surface area contributed by atoms with Crippen molar-refractivity contribution < 1.29 is 9.59 Å². The molecular weight excluding hydrogens is 388 g/mol. The summed E-state index contributed by atoms with van der Waals surface area (Å²) in [5.74, 6) is -0.256. The summed E-state index contributed by atoms with van der Waals surface area (Å²) >= 11 is 5.27. The van der Waals surface area contributed by atoms with Crippen molar-refractivity contribution in [1.29, 1.82) is 0 Å². The maximum absolute atomic E-state index is 12.6. The van der Waals surface area contributed by atoms with Crippen LogP contribution in [-0.2, 0) is 22.7 Å². The SMILES string of the molecule is CC(=O)N(C)Cc1cccc(NC(=O)CCn2c(=S)[nH]c3ccccc3c2=O)c1. The Morgan fingerprint density at radius 1 is 1.17 bits per heavy atom. The average Bonchev–Trinajstić information content (AvgIpc) is 2.68. The van der Waals surface area contributed by atoms with Crippen LogP contribution in [0.4, 0.5) is 5.69 Å². The zero-order valence-electron chi connectivity index (χ0n) is 16.3. The molecule has 0 saturated heterocycles. The topological polar surface area (TPSA) is 87.2 Å². The zero-order chi connectivity index (χ0) is 21.0. The summed E-state index contributed by atoms with van der Waals surface area (Å²) in [6.07, 6.45) is 0.104. The van der Waals surface area contributed by atoms with Gasteiger partial charge in [0.1, 0.15) is 0 Å². The van der Waals surface area contributed by atoms with Gasteiger partial charge < -0.3 is 15.2 Å². The van der Waals surface area contributed by atoms with Gasteiger partial charge in [-0.15, -0.1) is 0 Å². The maximum atomic E-state index is 12.6. The number of hydrogen-bond acceptors (Lipinski definition) is 4. The van der Waals surface area contributed by atoms with Gasteiger partial charge in [0.25, 0.3) is 5.56 Å². The van der Waals surface area contributed by atoms with E-state index in [2.05, 4.69) is 10.3 Å². The lowest BCUT2D eigenvalue weighted by molar-refractivity contribution is -0.128. The summed E-state index contributed by atoms with van der Waals surface area (Å²) in [6, 6.07) is 14.5. The van der Waals surface area contributed by atoms with E-state index in [9.17, 15) is 14.4 Å². The number of amides is 2. The third-order valence-corrected chi connectivity index (χ3v) is 4.94. The molecule has 0 bridgehead atoms. The van der Waals surface area contributed by atoms with Gasteiger partial charge in [-0.2, -0.15) is 0 Å². The highest BCUT2D eigenvalue weighted by molar-refractivity contribution is 7.71. The second-order valence-corrected chi connectivity index (χ2v) is 7.19. The normalized spacial score (nSPS) is 10.7. The Morgan fingerprint density at radius 3 is 2.69 bits per heavy atom. The molecule has 29 heavy (non-hydrogen) atoms. The molecule has 3 rings (SSSR count). The second kappa shape index (κ2) is 8.83. The molecule has 0 aliphatic carbocycles. The van der Waals surface area contributed by atoms with Crippen molar-refractivity contribution in [1.82, 2.24) is 14.5 Å². The Morgan fingerprint density at radius 2 is 1.93 bits per heavy atom. The molecule has 150 valence electrons. The minimum Gasteiger partial charge on any atom is -0.342 e. The molecule has 0 spiro atoms. The number of H-pyrrole nitrogens is 1. The molecule has 2 amide bonds. The first kappa shape index (κ1) is 20.5. The number of aromatic nitrogens is 2. The van der Waals surface area contributed by atoms with Crippen LogP contribution < -0.4 is 10.9 Å². The molecule has 8 heteroatoms. The van der Waals surface area contributed by atoms with E-state index >= 15 is 0 Å². The number of carbonyl (C=O) groups excluding carboxylic acids is 2. The zero-order valence-corrected chi connectivity index (χ0v) is 17.1. The summed E-state index contributed by atoms with van der Waals surface area (Å²) in [7, 11) is 1.72. The Bertz CT molecular complexity index is 1180. The van der Waals surface area contributed by atoms with Gasteiger partial charge in [-0.25, -0.2) is 0 Å². The molecule has 0 saturated carbocycles. The van der Waals surface area contributed by atoms with Crippen molar-refractivity contribution in [3.05, 3.63) is 69.2 Å². The molecule has 2 aromatic carbocycles. The van der Waals surface area contributed by atoms with Crippen molar-refractivity contribution in [2.45, 2.75) is 26.4 Å². The van der Waals surface area contributed by atoms with E-state index in [-0.39, 0.29) is 35.1 Å². The van der Waals surface area contributed by atoms with E-state index in [0.29, 0.717) is 23.1 Å². The summed E-state index contributed by atoms with van der Waals surface area (Å²) < 4.78 is 1.69. The van der Waals surface area contributed by atoms with E-state index in [1.807, 2.05) is 24.3 Å². The Kier molecular flexibility index (Phi) is 6.23. The lowest BCUT2D eigenvalue weighted by Gasteiger charge is -2.15. The van der Waals surface area contributed by atoms with Gasteiger partial charge in [0.15, 0.2) is 4.77 Å². The van der Waals surface area contributed by atoms with Crippen LogP contribution in [0.1, 0.15) is 18.9 Å². The fourth-order valence-electron chi connectivity index (χ4n) is 2.97. The van der Waals surface area contributed by atoms with E-state index in [0.717, 1.165) is 5.56 Å². The van der Waals surface area contributed by atoms with E-state index in [1.54, 1.807) is 36.2 Å². The molecule has 0 aliphatic rings. The van der Waals surface area contributed by atoms with Crippen molar-refractivity contribution in [3.8, 4) is 0 Å². The molecule has 0 radical (unpaired) electrons. The summed E-state index contributed by atoms with van der Waals surface area (Å²) in [4.78, 5) is 41.0. The number of anilines is 1. The lowest BCUT2D eigenvalue weighted by Crippen LogP contribution is -2.25. The van der Waals surface area contributed by atoms with Crippen molar-refractivity contribution in [2.75, 3.05) is 12.4 Å². The number of nitrogens with one attached hydrogen (secondary N) is 2. The first-order chi connectivity index (χ1) is 13.8. The molecule has 1 aromatic heterocycles. The van der Waals surface area contributed by atoms with Crippen LogP contribution >= 0.6 is 12.2 Å². The van der Waals surface area contributed by atoms with E-state index in [4.69, 9.17) is 12.2 Å². The molecule has 3 aromatic rings. The van der Waals surface area contributed by atoms with Gasteiger partial charge in [-0.1, -0.05) is 24.3 Å². The van der Waals surface area contributed by atoms with Crippen LogP contribution in [-0.4, -0.2) is 33.3 Å². The molecule has 1 heterocycles. The van der Waals surface area contributed by atoms with E-state index in [1.165, 1.54) is 11.5 Å². The molecule has 0 atom stereocenters. The summed E-state index contributed by atoms with van der Waals surface area (Å²) in [6.45, 7) is 2.14. The van der Waals surface area contributed by atoms with Crippen LogP contribution in [0, 0.1) is 4.77 Å². The van der Waals surface area contributed by atoms with Gasteiger partial charge in [-0.3, -0.25) is 19.0 Å². The van der Waals surface area contributed by atoms with Gasteiger partial charge in [-0.05, 0) is 42.0 Å². The first-order valence-corrected chi connectivity index (χ1v) is 9.58. The standard InChI is InChI=1S/C21H22N4O3S/c1-14(26)24(2)13-15-6-5-7-16(12-15)22-19(27)10-11-25-20(28)17-8-3-4-9-18(17)23-21(25)29/h3-9,12H,10-11,13H2,1-2H3,(H,22,27)(H,23,29). The van der Waals surface area contributed by atoms with Crippen LogP contribution in [0.5, 0.6) is 0 Å². The number of fused-ring (bicyclic) bond motifs is 1. The van der Waals surface area contributed by atoms with Crippen LogP contribution in [0.3, 0.4) is 0 Å². The largest absolute Gasteiger partial charge is 0.342 e. The van der Waals surface area contributed by atoms with Crippen LogP contribution in [0.2, 0.25) is 0 Å². The van der Waals surface area contributed by atoms with Gasteiger partial charge >= 0.3 is 0 Å². The molecule has 0 unspecified atom stereocenters. The van der Waals surface area contributed by atoms with Crippen LogP contribution in [0.25, 0.3) is 10.9 Å². The number of carbonyl (C=O) groups is 2. The minimum absolute atomic E-state index is 0.0308. The Balaban J connectivity index is 1.68. The average molecular weight is 410 g/mol. The maximum Gasteiger partial charge on any atom is 0.262 e. The monoisotopic (exact) mass is 410 g/mol. The second-order valence-electron chi connectivity index (χ2n) is 6.81. The highest BCUT2D eigenvalue weighted by Gasteiger charge is 2.09. The first-order valence-electron chi connectivity index (χ1n) is 9.17. The summed E-state index contributed by atoms with van der Waals surface area (Å²) in [5, 5.41) is 3.36. The smallest absolute Gasteiger partial charge is 0.262 e. The highest BCUT2D eigenvalue weighted by atomic mass is 32.1. The van der Waals surface area contributed by atoms with Gasteiger partial charge in [0.05, 0.1) is 10.9 Å². The molecule has 0 aliphatic heterocycles. The van der Waals surface area contributed by atoms with E-state index < -0.39 is 0 Å². The number of nitrogens with zero attached hydrogens (tertiary/aromatic N) is 2.